The molecule has 0 spiro atoms. The van der Waals surface area contributed by atoms with Crippen LogP contribution >= 0.6 is 11.8 Å². The molecule has 1 amide bonds. The minimum Gasteiger partial charge on any atom is -0.410 e. The summed E-state index contributed by atoms with van der Waals surface area (Å²) in [5.74, 6) is 0.994. The summed E-state index contributed by atoms with van der Waals surface area (Å²) in [5.41, 5.74) is 4.46. The highest BCUT2D eigenvalue weighted by molar-refractivity contribution is 8.00. The van der Waals surface area contributed by atoms with E-state index in [-0.39, 0.29) is 4.75 Å². The number of H-pyrrole nitrogens is 1. The van der Waals surface area contributed by atoms with Crippen molar-refractivity contribution < 1.29 is 9.53 Å². The normalized spacial score (nSPS) is 11.3. The highest BCUT2D eigenvalue weighted by Gasteiger charge is 2.19. The molecule has 8 heteroatoms. The van der Waals surface area contributed by atoms with Gasteiger partial charge in [-0.3, -0.25) is 5.32 Å². The SMILES string of the molecule is Cc1ccc(OC(=O)Nc2cc(-c3ccccc3-c3nn[nH]n3)ccc2SC(C)(C)C)cc1. The van der Waals surface area contributed by atoms with Crippen LogP contribution in [0.3, 0.4) is 0 Å². The predicted molar refractivity (Wildman–Crippen MR) is 131 cm³/mol. The first-order valence-electron chi connectivity index (χ1n) is 10.5. The van der Waals surface area contributed by atoms with Gasteiger partial charge in [-0.1, -0.05) is 68.8 Å². The lowest BCUT2D eigenvalue weighted by Gasteiger charge is -2.21. The monoisotopic (exact) mass is 459 g/mol. The highest BCUT2D eigenvalue weighted by atomic mass is 32.2. The molecule has 7 nitrogen and oxygen atoms in total. The van der Waals surface area contributed by atoms with Gasteiger partial charge in [-0.2, -0.15) is 5.21 Å². The molecule has 1 heterocycles. The van der Waals surface area contributed by atoms with Crippen LogP contribution in [0.2, 0.25) is 0 Å². The van der Waals surface area contributed by atoms with Crippen LogP contribution in [0.15, 0.2) is 71.6 Å². The van der Waals surface area contributed by atoms with Crippen LogP contribution in [-0.2, 0) is 0 Å². The van der Waals surface area contributed by atoms with E-state index in [1.807, 2.05) is 61.5 Å². The number of carbonyl (C=O) groups is 1. The van der Waals surface area contributed by atoms with Gasteiger partial charge in [0.15, 0.2) is 0 Å². The molecule has 3 aromatic carbocycles. The van der Waals surface area contributed by atoms with Crippen molar-refractivity contribution in [2.75, 3.05) is 5.32 Å². The number of carbonyl (C=O) groups excluding carboxylic acids is 1. The maximum Gasteiger partial charge on any atom is 0.417 e. The molecule has 2 N–H and O–H groups in total. The van der Waals surface area contributed by atoms with Crippen molar-refractivity contribution in [2.45, 2.75) is 37.3 Å². The Kier molecular flexibility index (Phi) is 6.46. The number of hydrogen-bond donors (Lipinski definition) is 2. The number of nitrogens with one attached hydrogen (secondary N) is 2. The van der Waals surface area contributed by atoms with Crippen molar-refractivity contribution in [1.82, 2.24) is 20.6 Å². The van der Waals surface area contributed by atoms with Gasteiger partial charge in [0.05, 0.1) is 5.69 Å². The molecule has 33 heavy (non-hydrogen) atoms. The van der Waals surface area contributed by atoms with E-state index in [1.165, 1.54) is 0 Å². The van der Waals surface area contributed by atoms with Crippen LogP contribution in [0.4, 0.5) is 10.5 Å². The Morgan fingerprint density at radius 3 is 2.39 bits per heavy atom. The van der Waals surface area contributed by atoms with Crippen LogP contribution in [0, 0.1) is 6.92 Å². The Balaban J connectivity index is 1.68. The average Bonchev–Trinajstić information content (AvgIpc) is 3.30. The average molecular weight is 460 g/mol. The first-order chi connectivity index (χ1) is 15.8. The third-order valence-corrected chi connectivity index (χ3v) is 5.88. The number of anilines is 1. The van der Waals surface area contributed by atoms with Crippen molar-refractivity contribution in [3.63, 3.8) is 0 Å². The quantitative estimate of drug-likeness (QED) is 0.338. The Bertz CT molecular complexity index is 1250. The standard InChI is InChI=1S/C25H25N5O2S/c1-16-9-12-18(13-10-16)32-24(31)26-21-15-17(11-14-22(21)33-25(2,3)4)19-7-5-6-8-20(19)23-27-29-30-28-23/h5-15H,1-4H3,(H,26,31)(H,27,28,29,30). The Hall–Kier alpha value is -3.65. The topological polar surface area (TPSA) is 92.8 Å². The van der Waals surface area contributed by atoms with E-state index in [2.05, 4.69) is 46.7 Å². The maximum absolute atomic E-state index is 12.7. The number of aromatic nitrogens is 4. The maximum atomic E-state index is 12.7. The van der Waals surface area contributed by atoms with E-state index in [0.717, 1.165) is 27.1 Å². The van der Waals surface area contributed by atoms with Gasteiger partial charge < -0.3 is 4.74 Å². The molecule has 0 saturated carbocycles. The van der Waals surface area contributed by atoms with Crippen LogP contribution in [0.5, 0.6) is 5.75 Å². The summed E-state index contributed by atoms with van der Waals surface area (Å²) in [7, 11) is 0. The van der Waals surface area contributed by atoms with Gasteiger partial charge in [0.25, 0.3) is 0 Å². The van der Waals surface area contributed by atoms with E-state index in [0.29, 0.717) is 17.3 Å². The molecule has 0 bridgehead atoms. The summed E-state index contributed by atoms with van der Waals surface area (Å²) < 4.78 is 5.45. The molecule has 4 rings (SSSR count). The number of hydrogen-bond acceptors (Lipinski definition) is 6. The van der Waals surface area contributed by atoms with Crippen molar-refractivity contribution in [1.29, 1.82) is 0 Å². The van der Waals surface area contributed by atoms with Gasteiger partial charge in [0.2, 0.25) is 5.82 Å². The molecule has 4 aromatic rings. The van der Waals surface area contributed by atoms with E-state index in [4.69, 9.17) is 4.74 Å². The van der Waals surface area contributed by atoms with E-state index in [9.17, 15) is 4.79 Å². The molecule has 1 aromatic heterocycles. The number of thioether (sulfide) groups is 1. The molecular weight excluding hydrogens is 434 g/mol. The Labute approximate surface area is 197 Å². The Morgan fingerprint density at radius 2 is 1.73 bits per heavy atom. The lowest BCUT2D eigenvalue weighted by molar-refractivity contribution is 0.215. The molecule has 0 unspecified atom stereocenters. The summed E-state index contributed by atoms with van der Waals surface area (Å²) in [4.78, 5) is 13.7. The van der Waals surface area contributed by atoms with Crippen LogP contribution in [0.1, 0.15) is 26.3 Å². The van der Waals surface area contributed by atoms with Crippen LogP contribution < -0.4 is 10.1 Å². The van der Waals surface area contributed by atoms with Gasteiger partial charge in [0.1, 0.15) is 5.75 Å². The second kappa shape index (κ2) is 9.46. The van der Waals surface area contributed by atoms with Gasteiger partial charge in [-0.05, 0) is 47.5 Å². The number of aromatic amines is 1. The van der Waals surface area contributed by atoms with Gasteiger partial charge >= 0.3 is 6.09 Å². The molecule has 0 saturated heterocycles. The fourth-order valence-electron chi connectivity index (χ4n) is 3.27. The number of aryl methyl sites for hydroxylation is 1. The Morgan fingerprint density at radius 1 is 1.00 bits per heavy atom. The lowest BCUT2D eigenvalue weighted by Crippen LogP contribution is -2.18. The van der Waals surface area contributed by atoms with Gasteiger partial charge in [0, 0.05) is 15.2 Å². The van der Waals surface area contributed by atoms with Crippen LogP contribution in [0.25, 0.3) is 22.5 Å². The number of nitrogens with zero attached hydrogens (tertiary/aromatic N) is 3. The molecular formula is C25H25N5O2S. The van der Waals surface area contributed by atoms with Crippen molar-refractivity contribution in [2.24, 2.45) is 0 Å². The third kappa shape index (κ3) is 5.78. The molecule has 0 aliphatic heterocycles. The second-order valence-corrected chi connectivity index (χ2v) is 10.4. The largest absolute Gasteiger partial charge is 0.417 e. The number of benzene rings is 3. The van der Waals surface area contributed by atoms with Crippen molar-refractivity contribution in [3.05, 3.63) is 72.3 Å². The van der Waals surface area contributed by atoms with E-state index in [1.54, 1.807) is 23.9 Å². The molecule has 0 aliphatic rings. The van der Waals surface area contributed by atoms with E-state index >= 15 is 0 Å². The predicted octanol–water partition coefficient (Wildman–Crippen LogP) is 6.34. The summed E-state index contributed by atoms with van der Waals surface area (Å²) in [6.07, 6.45) is -0.543. The molecule has 0 fully saturated rings. The summed E-state index contributed by atoms with van der Waals surface area (Å²) in [6, 6.07) is 21.2. The van der Waals surface area contributed by atoms with Gasteiger partial charge in [-0.15, -0.1) is 22.0 Å². The first kappa shape index (κ1) is 22.5. The smallest absolute Gasteiger partial charge is 0.410 e. The van der Waals surface area contributed by atoms with Gasteiger partial charge in [-0.25, -0.2) is 4.79 Å². The van der Waals surface area contributed by atoms with Crippen molar-refractivity contribution >= 4 is 23.5 Å². The summed E-state index contributed by atoms with van der Waals surface area (Å²) >= 11 is 1.67. The third-order valence-electron chi connectivity index (χ3n) is 4.69. The summed E-state index contributed by atoms with van der Waals surface area (Å²) in [6.45, 7) is 8.38. The zero-order valence-corrected chi connectivity index (χ0v) is 19.7. The zero-order chi connectivity index (χ0) is 23.4. The first-order valence-corrected chi connectivity index (χ1v) is 11.3. The zero-order valence-electron chi connectivity index (χ0n) is 18.9. The van der Waals surface area contributed by atoms with E-state index < -0.39 is 6.09 Å². The van der Waals surface area contributed by atoms with Crippen molar-refractivity contribution in [3.8, 4) is 28.3 Å². The minimum absolute atomic E-state index is 0.0403. The fraction of sp³-hybridized carbons (Fsp3) is 0.200. The molecule has 0 atom stereocenters. The summed E-state index contributed by atoms with van der Waals surface area (Å²) in [5, 5.41) is 17.3. The number of amides is 1. The second-order valence-electron chi connectivity index (χ2n) is 8.53. The minimum atomic E-state index is -0.543. The number of rotatable bonds is 5. The number of tetrazole rings is 1. The van der Waals surface area contributed by atoms with Crippen LogP contribution in [-0.4, -0.2) is 31.5 Å². The molecule has 0 aliphatic carbocycles. The fourth-order valence-corrected chi connectivity index (χ4v) is 4.28. The highest BCUT2D eigenvalue weighted by Crippen LogP contribution is 2.40. The molecule has 168 valence electrons. The lowest BCUT2D eigenvalue weighted by atomic mass is 9.99. The number of ether oxygens (including phenoxy) is 1. The molecule has 0 radical (unpaired) electrons.